The molecule has 0 radical (unpaired) electrons. The summed E-state index contributed by atoms with van der Waals surface area (Å²) in [5, 5.41) is 0. The zero-order valence-corrected chi connectivity index (χ0v) is 7.94. The molecule has 0 aromatic heterocycles. The Morgan fingerprint density at radius 2 is 1.12 bits per heavy atom. The summed E-state index contributed by atoms with van der Waals surface area (Å²) in [4.78, 5) is 0. The van der Waals surface area contributed by atoms with Gasteiger partial charge in [0.1, 0.15) is 0 Å². The molecule has 0 unspecified atom stereocenters. The van der Waals surface area contributed by atoms with Crippen molar-refractivity contribution in [2.45, 2.75) is 0 Å². The molecule has 56 valence electrons. The van der Waals surface area contributed by atoms with Crippen LogP contribution in [0.25, 0.3) is 0 Å². The van der Waals surface area contributed by atoms with Gasteiger partial charge in [0.2, 0.25) is 0 Å². The molecule has 0 aliphatic carbocycles. The van der Waals surface area contributed by atoms with Crippen LogP contribution < -0.4 is 11.5 Å². The van der Waals surface area contributed by atoms with Gasteiger partial charge in [0, 0.05) is 13.1 Å². The Morgan fingerprint density at radius 3 is 1.12 bits per heavy atom. The molecule has 8 heavy (non-hydrogen) atoms. The molecule has 0 aliphatic heterocycles. The van der Waals surface area contributed by atoms with Crippen LogP contribution >= 0.6 is 29.1 Å². The van der Waals surface area contributed by atoms with Crippen molar-refractivity contribution in [3.8, 4) is 0 Å². The molecule has 0 fully saturated rings. The Bertz CT molecular complexity index is 31.7. The van der Waals surface area contributed by atoms with Crippen LogP contribution in [0.2, 0.25) is 0 Å². The van der Waals surface area contributed by atoms with E-state index in [1.807, 2.05) is 0 Å². The van der Waals surface area contributed by atoms with E-state index in [1.54, 1.807) is 0 Å². The molecule has 0 aromatic rings. The summed E-state index contributed by atoms with van der Waals surface area (Å²) in [6.07, 6.45) is 0. The topological polar surface area (TPSA) is 52.0 Å². The molecule has 0 saturated carbocycles. The molecule has 0 rings (SSSR count). The van der Waals surface area contributed by atoms with Crippen LogP contribution in [0.15, 0.2) is 0 Å². The molecule has 0 atom stereocenters. The summed E-state index contributed by atoms with van der Waals surface area (Å²) >= 11 is -1.66. The summed E-state index contributed by atoms with van der Waals surface area (Å²) in [6, 6.07) is 0. The average Bonchev–Trinajstić information content (AvgIpc) is 1.65. The molecule has 0 aromatic carbocycles. The second-order valence-electron chi connectivity index (χ2n) is 0.720. The Kier molecular flexibility index (Phi) is 17.0. The molecule has 0 aliphatic rings. The normalized spacial score (nSPS) is 9.38. The van der Waals surface area contributed by atoms with Crippen molar-refractivity contribution in [3.63, 3.8) is 0 Å². The Labute approximate surface area is 66.5 Å². The van der Waals surface area contributed by atoms with Crippen molar-refractivity contribution in [2.24, 2.45) is 11.5 Å². The fourth-order valence-electron chi connectivity index (χ4n) is 0. The number of nitrogens with two attached hydrogens (primary N) is 2. The second kappa shape index (κ2) is 11.2. The predicted molar refractivity (Wildman–Crippen MR) is 35.7 cm³/mol. The second-order valence-corrected chi connectivity index (χ2v) is 8.18. The summed E-state index contributed by atoms with van der Waals surface area (Å²) < 4.78 is 0. The maximum absolute atomic E-state index is 4.94. The molecule has 0 spiro atoms. The Balaban J connectivity index is 0. The van der Waals surface area contributed by atoms with Gasteiger partial charge >= 0.3 is 42.1 Å². The third kappa shape index (κ3) is 52.4. The molecule has 0 amide bonds. The number of hydrogen-bond acceptors (Lipinski definition) is 2. The van der Waals surface area contributed by atoms with E-state index < -0.39 is 13.0 Å². The van der Waals surface area contributed by atoms with E-state index in [0.717, 1.165) is 0 Å². The molecular weight excluding hydrogens is 261 g/mol. The van der Waals surface area contributed by atoms with Crippen molar-refractivity contribution in [2.75, 3.05) is 13.1 Å². The third-order valence-corrected chi connectivity index (χ3v) is 0.167. The minimum absolute atomic E-state index is 0.597. The van der Waals surface area contributed by atoms with Crippen LogP contribution in [0.5, 0.6) is 0 Å². The third-order valence-electron chi connectivity index (χ3n) is 0.167. The van der Waals surface area contributed by atoms with Gasteiger partial charge in [0.05, 0.1) is 0 Å². The van der Waals surface area contributed by atoms with Crippen molar-refractivity contribution in [1.82, 2.24) is 0 Å². The molecule has 4 N–H and O–H groups in total. The van der Waals surface area contributed by atoms with Gasteiger partial charge in [-0.3, -0.25) is 0 Å². The van der Waals surface area contributed by atoms with Gasteiger partial charge in [-0.25, -0.2) is 0 Å². The molecular formula is C2H8Cl3N2Rh. The van der Waals surface area contributed by atoms with Crippen LogP contribution in [0, 0.1) is 0 Å². The van der Waals surface area contributed by atoms with Crippen molar-refractivity contribution >= 4 is 29.1 Å². The van der Waals surface area contributed by atoms with E-state index in [0.29, 0.717) is 13.1 Å². The van der Waals surface area contributed by atoms with Crippen LogP contribution in [0.1, 0.15) is 0 Å². The van der Waals surface area contributed by atoms with Crippen LogP contribution in [-0.4, -0.2) is 13.1 Å². The van der Waals surface area contributed by atoms with E-state index in [2.05, 4.69) is 0 Å². The SMILES string of the molecule is NCCN.[Cl][Rh]([Cl])[Cl]. The van der Waals surface area contributed by atoms with E-state index in [4.69, 9.17) is 40.5 Å². The average molecular weight is 269 g/mol. The first-order valence-corrected chi connectivity index (χ1v) is 8.02. The standard InChI is InChI=1S/C2H8N2.3ClH.Rh/c3-1-2-4;;;;/h1-4H2;3*1H;/q;;;;+3/p-3. The van der Waals surface area contributed by atoms with E-state index in [9.17, 15) is 0 Å². The zero-order chi connectivity index (χ0) is 6.99. The van der Waals surface area contributed by atoms with Crippen molar-refractivity contribution in [1.29, 1.82) is 0 Å². The van der Waals surface area contributed by atoms with E-state index in [1.165, 1.54) is 0 Å². The number of rotatable bonds is 1. The summed E-state index contributed by atoms with van der Waals surface area (Å²) in [5.41, 5.74) is 9.81. The summed E-state index contributed by atoms with van der Waals surface area (Å²) in [5.74, 6) is 0. The molecule has 0 heterocycles. The van der Waals surface area contributed by atoms with E-state index in [-0.39, 0.29) is 0 Å². The van der Waals surface area contributed by atoms with E-state index >= 15 is 0 Å². The first kappa shape index (κ1) is 12.1. The number of halogens is 3. The van der Waals surface area contributed by atoms with Crippen LogP contribution in [-0.2, 0) is 13.0 Å². The molecule has 0 bridgehead atoms. The Morgan fingerprint density at radius 1 is 1.00 bits per heavy atom. The Hall–Kier alpha value is 1.41. The maximum atomic E-state index is 4.94. The fourth-order valence-corrected chi connectivity index (χ4v) is 0. The first-order valence-electron chi connectivity index (χ1n) is 1.69. The van der Waals surface area contributed by atoms with Gasteiger partial charge < -0.3 is 11.5 Å². The first-order chi connectivity index (χ1) is 3.65. The number of hydrogen-bond donors (Lipinski definition) is 2. The predicted octanol–water partition coefficient (Wildman–Crippen LogP) is 0.970. The van der Waals surface area contributed by atoms with Crippen LogP contribution in [0.4, 0.5) is 0 Å². The van der Waals surface area contributed by atoms with Crippen molar-refractivity contribution < 1.29 is 13.0 Å². The molecule has 2 nitrogen and oxygen atoms in total. The van der Waals surface area contributed by atoms with Gasteiger partial charge in [0.15, 0.2) is 0 Å². The zero-order valence-electron chi connectivity index (χ0n) is 4.04. The van der Waals surface area contributed by atoms with Gasteiger partial charge in [-0.2, -0.15) is 0 Å². The van der Waals surface area contributed by atoms with Gasteiger partial charge in [-0.05, 0) is 0 Å². The quantitative estimate of drug-likeness (QED) is 0.697. The van der Waals surface area contributed by atoms with Gasteiger partial charge in [-0.15, -0.1) is 0 Å². The van der Waals surface area contributed by atoms with Crippen molar-refractivity contribution in [3.05, 3.63) is 0 Å². The van der Waals surface area contributed by atoms with Crippen LogP contribution in [0.3, 0.4) is 0 Å². The minimum atomic E-state index is -1.66. The molecule has 6 heteroatoms. The fraction of sp³-hybridized carbons (Fsp3) is 1.00. The summed E-state index contributed by atoms with van der Waals surface area (Å²) in [7, 11) is 14.8. The van der Waals surface area contributed by atoms with Gasteiger partial charge in [-0.1, -0.05) is 0 Å². The monoisotopic (exact) mass is 268 g/mol. The molecule has 0 saturated heterocycles. The summed E-state index contributed by atoms with van der Waals surface area (Å²) in [6.45, 7) is 1.19. The van der Waals surface area contributed by atoms with Gasteiger partial charge in [0.25, 0.3) is 0 Å².